The fraction of sp³-hybridized carbons (Fsp3) is 0.222. The number of hydrogen-bond donors (Lipinski definition) is 0. The van der Waals surface area contributed by atoms with Gasteiger partial charge in [0.15, 0.2) is 0 Å². The predicted molar refractivity (Wildman–Crippen MR) is 85.1 cm³/mol. The summed E-state index contributed by atoms with van der Waals surface area (Å²) in [5.41, 5.74) is -1.71. The smallest absolute Gasteiger partial charge is 0.434 e. The number of hydrogen-bond acceptors (Lipinski definition) is 5. The lowest BCUT2D eigenvalue weighted by molar-refractivity contribution is -0.138. The van der Waals surface area contributed by atoms with Gasteiger partial charge in [0.05, 0.1) is 17.7 Å². The molecule has 5 nitrogen and oxygen atoms in total. The molecule has 138 valence electrons. The summed E-state index contributed by atoms with van der Waals surface area (Å²) in [6.07, 6.45) is -5.01. The van der Waals surface area contributed by atoms with Crippen LogP contribution in [0.3, 0.4) is 0 Å². The van der Waals surface area contributed by atoms with Crippen molar-refractivity contribution >= 4 is 12.1 Å². The first-order valence-corrected chi connectivity index (χ1v) is 7.64. The van der Waals surface area contributed by atoms with Crippen molar-refractivity contribution in [2.75, 3.05) is 6.61 Å². The summed E-state index contributed by atoms with van der Waals surface area (Å²) < 4.78 is 53.5. The molecule has 0 unspecified atom stereocenters. The molecule has 0 atom stereocenters. The van der Waals surface area contributed by atoms with E-state index >= 15 is 0 Å². The molecule has 0 saturated carbocycles. The Morgan fingerprint density at radius 3 is 2.27 bits per heavy atom. The summed E-state index contributed by atoms with van der Waals surface area (Å²) >= 11 is 0. The molecule has 0 heterocycles. The van der Waals surface area contributed by atoms with Gasteiger partial charge in [-0.25, -0.2) is 9.59 Å². The number of esters is 1. The molecular formula is C18H15F3O5. The van der Waals surface area contributed by atoms with E-state index in [9.17, 15) is 22.8 Å². The van der Waals surface area contributed by atoms with Crippen molar-refractivity contribution in [3.05, 3.63) is 59.7 Å². The Morgan fingerprint density at radius 1 is 0.962 bits per heavy atom. The fourth-order valence-electron chi connectivity index (χ4n) is 1.98. The van der Waals surface area contributed by atoms with Crippen molar-refractivity contribution in [1.82, 2.24) is 0 Å². The Kier molecular flexibility index (Phi) is 6.21. The van der Waals surface area contributed by atoms with Crippen LogP contribution in [0.15, 0.2) is 48.5 Å². The molecule has 2 aromatic carbocycles. The SMILES string of the molecule is CCCOC(=O)Oc1cccc(OC(=O)c2ccccc2C(F)(F)F)c1. The molecular weight excluding hydrogens is 353 g/mol. The largest absolute Gasteiger partial charge is 0.513 e. The molecule has 0 aliphatic heterocycles. The first-order chi connectivity index (χ1) is 12.3. The summed E-state index contributed by atoms with van der Waals surface area (Å²) in [6, 6.07) is 9.66. The van der Waals surface area contributed by atoms with Crippen LogP contribution in [0, 0.1) is 0 Å². The first kappa shape index (κ1) is 19.3. The minimum atomic E-state index is -4.69. The van der Waals surface area contributed by atoms with Gasteiger partial charge in [-0.05, 0) is 30.7 Å². The van der Waals surface area contributed by atoms with Crippen LogP contribution in [0.2, 0.25) is 0 Å². The maximum atomic E-state index is 13.0. The highest BCUT2D eigenvalue weighted by molar-refractivity contribution is 5.92. The van der Waals surface area contributed by atoms with Gasteiger partial charge in [-0.1, -0.05) is 25.1 Å². The number of rotatable bonds is 5. The van der Waals surface area contributed by atoms with E-state index in [0.717, 1.165) is 12.1 Å². The van der Waals surface area contributed by atoms with Crippen molar-refractivity contribution in [2.24, 2.45) is 0 Å². The fourth-order valence-corrected chi connectivity index (χ4v) is 1.98. The number of alkyl halides is 3. The zero-order valence-corrected chi connectivity index (χ0v) is 13.7. The third-order valence-electron chi connectivity index (χ3n) is 3.09. The van der Waals surface area contributed by atoms with Gasteiger partial charge >= 0.3 is 18.3 Å². The number of halogens is 3. The molecule has 0 aromatic heterocycles. The maximum Gasteiger partial charge on any atom is 0.513 e. The summed E-state index contributed by atoms with van der Waals surface area (Å²) in [5.74, 6) is -1.23. The third-order valence-corrected chi connectivity index (χ3v) is 3.09. The Hall–Kier alpha value is -3.03. The highest BCUT2D eigenvalue weighted by Crippen LogP contribution is 2.32. The zero-order valence-electron chi connectivity index (χ0n) is 13.7. The van der Waals surface area contributed by atoms with E-state index in [1.54, 1.807) is 0 Å². The molecule has 0 N–H and O–H groups in total. The number of benzene rings is 2. The highest BCUT2D eigenvalue weighted by Gasteiger charge is 2.35. The molecule has 26 heavy (non-hydrogen) atoms. The minimum Gasteiger partial charge on any atom is -0.434 e. The van der Waals surface area contributed by atoms with Crippen LogP contribution in [0.5, 0.6) is 11.5 Å². The Labute approximate surface area is 147 Å². The Bertz CT molecular complexity index is 786. The summed E-state index contributed by atoms with van der Waals surface area (Å²) in [4.78, 5) is 23.5. The van der Waals surface area contributed by atoms with E-state index in [-0.39, 0.29) is 18.1 Å². The summed E-state index contributed by atoms with van der Waals surface area (Å²) in [6.45, 7) is 1.99. The molecule has 0 spiro atoms. The van der Waals surface area contributed by atoms with Gasteiger partial charge in [0.25, 0.3) is 0 Å². The molecule has 0 fully saturated rings. The predicted octanol–water partition coefficient (Wildman–Crippen LogP) is 4.85. The molecule has 0 aliphatic rings. The lowest BCUT2D eigenvalue weighted by Crippen LogP contribution is -2.17. The normalized spacial score (nSPS) is 10.9. The van der Waals surface area contributed by atoms with E-state index < -0.39 is 29.4 Å². The molecule has 8 heteroatoms. The quantitative estimate of drug-likeness (QED) is 0.429. The zero-order chi connectivity index (χ0) is 19.2. The minimum absolute atomic E-state index is 0.0282. The molecule has 0 radical (unpaired) electrons. The monoisotopic (exact) mass is 368 g/mol. The van der Waals surface area contributed by atoms with E-state index in [4.69, 9.17) is 14.2 Å². The van der Waals surface area contributed by atoms with Crippen LogP contribution in [-0.4, -0.2) is 18.7 Å². The van der Waals surface area contributed by atoms with Gasteiger partial charge in [0.2, 0.25) is 0 Å². The molecule has 0 saturated heterocycles. The Morgan fingerprint density at radius 2 is 1.62 bits per heavy atom. The number of carbonyl (C=O) groups excluding carboxylic acids is 2. The van der Waals surface area contributed by atoms with Crippen LogP contribution < -0.4 is 9.47 Å². The second kappa shape index (κ2) is 8.37. The molecule has 2 aromatic rings. The van der Waals surface area contributed by atoms with Crippen LogP contribution in [0.4, 0.5) is 18.0 Å². The van der Waals surface area contributed by atoms with Gasteiger partial charge in [0, 0.05) is 6.07 Å². The molecule has 0 amide bonds. The van der Waals surface area contributed by atoms with Crippen LogP contribution in [0.1, 0.15) is 29.3 Å². The highest BCUT2D eigenvalue weighted by atomic mass is 19.4. The van der Waals surface area contributed by atoms with Gasteiger partial charge in [0.1, 0.15) is 11.5 Å². The van der Waals surface area contributed by atoms with Gasteiger partial charge in [-0.2, -0.15) is 13.2 Å². The third kappa shape index (κ3) is 5.23. The van der Waals surface area contributed by atoms with Crippen molar-refractivity contribution in [3.63, 3.8) is 0 Å². The van der Waals surface area contributed by atoms with Crippen molar-refractivity contribution < 1.29 is 37.0 Å². The second-order valence-electron chi connectivity index (χ2n) is 5.11. The van der Waals surface area contributed by atoms with Crippen LogP contribution in [-0.2, 0) is 10.9 Å². The van der Waals surface area contributed by atoms with Gasteiger partial charge < -0.3 is 14.2 Å². The van der Waals surface area contributed by atoms with Crippen molar-refractivity contribution in [3.8, 4) is 11.5 Å². The number of carbonyl (C=O) groups is 2. The lowest BCUT2D eigenvalue weighted by Gasteiger charge is -2.12. The van der Waals surface area contributed by atoms with Gasteiger partial charge in [-0.15, -0.1) is 0 Å². The van der Waals surface area contributed by atoms with Gasteiger partial charge in [-0.3, -0.25) is 0 Å². The van der Waals surface area contributed by atoms with E-state index in [2.05, 4.69) is 0 Å². The van der Waals surface area contributed by atoms with Crippen molar-refractivity contribution in [1.29, 1.82) is 0 Å². The Balaban J connectivity index is 2.13. The van der Waals surface area contributed by atoms with Crippen LogP contribution >= 0.6 is 0 Å². The average Bonchev–Trinajstić information content (AvgIpc) is 2.59. The van der Waals surface area contributed by atoms with E-state index in [1.165, 1.54) is 36.4 Å². The average molecular weight is 368 g/mol. The number of ether oxygens (including phenoxy) is 3. The standard InChI is InChI=1S/C18H15F3O5/c1-2-10-24-17(23)26-13-7-5-6-12(11-13)25-16(22)14-8-3-4-9-15(14)18(19,20)21/h3-9,11H,2,10H2,1H3. The molecule has 2 rings (SSSR count). The van der Waals surface area contributed by atoms with Crippen molar-refractivity contribution in [2.45, 2.75) is 19.5 Å². The summed E-state index contributed by atoms with van der Waals surface area (Å²) in [7, 11) is 0. The summed E-state index contributed by atoms with van der Waals surface area (Å²) in [5, 5.41) is 0. The molecule has 0 bridgehead atoms. The van der Waals surface area contributed by atoms with E-state index in [0.29, 0.717) is 6.42 Å². The van der Waals surface area contributed by atoms with Crippen LogP contribution in [0.25, 0.3) is 0 Å². The molecule has 0 aliphatic carbocycles. The van der Waals surface area contributed by atoms with E-state index in [1.807, 2.05) is 6.92 Å². The second-order valence-corrected chi connectivity index (χ2v) is 5.11. The first-order valence-electron chi connectivity index (χ1n) is 7.64. The topological polar surface area (TPSA) is 61.8 Å². The lowest BCUT2D eigenvalue weighted by atomic mass is 10.1. The maximum absolute atomic E-state index is 13.0.